The van der Waals surface area contributed by atoms with Crippen LogP contribution in [0.2, 0.25) is 5.02 Å². The van der Waals surface area contributed by atoms with Gasteiger partial charge in [0.2, 0.25) is 11.8 Å². The van der Waals surface area contributed by atoms with Crippen molar-refractivity contribution in [3.05, 3.63) is 93.4 Å². The predicted molar refractivity (Wildman–Crippen MR) is 159 cm³/mol. The third-order valence-electron chi connectivity index (χ3n) is 6.27. The highest BCUT2D eigenvalue weighted by Crippen LogP contribution is 2.26. The molecule has 0 spiro atoms. The monoisotopic (exact) mass is 633 g/mol. The molecular formula is C29H33BrClN3O4S. The molecule has 0 aromatic heterocycles. The van der Waals surface area contributed by atoms with E-state index in [1.54, 1.807) is 43.3 Å². The van der Waals surface area contributed by atoms with Gasteiger partial charge in [-0.25, -0.2) is 8.42 Å². The second-order valence-corrected chi connectivity index (χ2v) is 12.5. The number of anilines is 1. The van der Waals surface area contributed by atoms with E-state index in [2.05, 4.69) is 21.2 Å². The molecule has 10 heteroatoms. The molecule has 0 unspecified atom stereocenters. The van der Waals surface area contributed by atoms with Crippen molar-refractivity contribution in [3.63, 3.8) is 0 Å². The van der Waals surface area contributed by atoms with Gasteiger partial charge in [0.25, 0.3) is 10.0 Å². The number of sulfonamides is 1. The van der Waals surface area contributed by atoms with Crippen LogP contribution in [0.25, 0.3) is 0 Å². The Kier molecular flexibility index (Phi) is 11.0. The van der Waals surface area contributed by atoms with Crippen molar-refractivity contribution in [1.82, 2.24) is 10.2 Å². The molecule has 3 rings (SSSR count). The molecule has 3 aromatic carbocycles. The highest BCUT2D eigenvalue weighted by molar-refractivity contribution is 9.10. The molecule has 0 heterocycles. The Morgan fingerprint density at radius 2 is 1.59 bits per heavy atom. The smallest absolute Gasteiger partial charge is 0.264 e. The number of hydrogen-bond donors (Lipinski definition) is 1. The maximum absolute atomic E-state index is 13.9. The van der Waals surface area contributed by atoms with Crippen molar-refractivity contribution in [2.75, 3.05) is 17.4 Å². The van der Waals surface area contributed by atoms with Gasteiger partial charge in [-0.3, -0.25) is 13.9 Å². The van der Waals surface area contributed by atoms with Crippen molar-refractivity contribution in [2.45, 2.75) is 51.1 Å². The van der Waals surface area contributed by atoms with Crippen LogP contribution in [0.3, 0.4) is 0 Å². The van der Waals surface area contributed by atoms with Crippen molar-refractivity contribution in [2.24, 2.45) is 0 Å². The summed E-state index contributed by atoms with van der Waals surface area (Å²) in [5, 5.41) is 3.32. The van der Waals surface area contributed by atoms with E-state index in [1.807, 2.05) is 38.1 Å². The highest BCUT2D eigenvalue weighted by atomic mass is 79.9. The number of carbonyl (C=O) groups is 2. The molecule has 1 atom stereocenters. The molecular weight excluding hydrogens is 602 g/mol. The molecule has 0 aliphatic carbocycles. The Balaban J connectivity index is 1.98. The summed E-state index contributed by atoms with van der Waals surface area (Å²) in [6.45, 7) is 5.68. The standard InChI is InChI=1S/C29H33BrClN3O4S/c1-4-5-18-32-29(36)22(3)33(19-23-8-10-24(30)11-9-23)28(35)20-34(26-14-12-25(31)13-15-26)39(37,38)27-16-6-21(2)7-17-27/h6-17,22H,4-5,18-20H2,1-3H3,(H,32,36)/t22-/m0/s1. The third kappa shape index (κ3) is 8.30. The topological polar surface area (TPSA) is 86.8 Å². The average molecular weight is 635 g/mol. The second kappa shape index (κ2) is 14.0. The van der Waals surface area contributed by atoms with Crippen LogP contribution in [0.1, 0.15) is 37.8 Å². The number of nitrogens with one attached hydrogen (secondary N) is 1. The molecule has 0 saturated heterocycles. The molecule has 3 aromatic rings. The number of rotatable bonds is 12. The normalized spacial score (nSPS) is 12.0. The zero-order valence-corrected chi connectivity index (χ0v) is 25.4. The SMILES string of the molecule is CCCCNC(=O)[C@H](C)N(Cc1ccc(Br)cc1)C(=O)CN(c1ccc(Cl)cc1)S(=O)(=O)c1ccc(C)cc1. The van der Waals surface area contributed by atoms with Crippen LogP contribution in [-0.2, 0) is 26.2 Å². The molecule has 0 aliphatic rings. The Labute approximate surface area is 244 Å². The number of aryl methyl sites for hydroxylation is 1. The summed E-state index contributed by atoms with van der Waals surface area (Å²) in [4.78, 5) is 28.3. The largest absolute Gasteiger partial charge is 0.354 e. The quantitative estimate of drug-likeness (QED) is 0.250. The minimum absolute atomic E-state index is 0.0562. The summed E-state index contributed by atoms with van der Waals surface area (Å²) in [5.41, 5.74) is 2.00. The van der Waals surface area contributed by atoms with Crippen molar-refractivity contribution >= 4 is 55.1 Å². The Morgan fingerprint density at radius 3 is 2.18 bits per heavy atom. The molecule has 0 saturated carbocycles. The minimum Gasteiger partial charge on any atom is -0.354 e. The summed E-state index contributed by atoms with van der Waals surface area (Å²) in [6.07, 6.45) is 1.74. The van der Waals surface area contributed by atoms with Crippen LogP contribution in [-0.4, -0.2) is 44.3 Å². The van der Waals surface area contributed by atoms with Crippen LogP contribution in [0, 0.1) is 6.92 Å². The molecule has 7 nitrogen and oxygen atoms in total. The average Bonchev–Trinajstić information content (AvgIpc) is 2.91. The van der Waals surface area contributed by atoms with Gasteiger partial charge in [0.1, 0.15) is 12.6 Å². The maximum Gasteiger partial charge on any atom is 0.264 e. The number of nitrogens with zero attached hydrogens (tertiary/aromatic N) is 2. The van der Waals surface area contributed by atoms with Gasteiger partial charge in [-0.05, 0) is 74.4 Å². The van der Waals surface area contributed by atoms with Crippen LogP contribution in [0.5, 0.6) is 0 Å². The van der Waals surface area contributed by atoms with E-state index in [9.17, 15) is 18.0 Å². The van der Waals surface area contributed by atoms with Crippen LogP contribution >= 0.6 is 27.5 Å². The molecule has 2 amide bonds. The number of unbranched alkanes of at least 4 members (excludes halogenated alkanes) is 1. The zero-order chi connectivity index (χ0) is 28.6. The van der Waals surface area contributed by atoms with Crippen LogP contribution < -0.4 is 9.62 Å². The lowest BCUT2D eigenvalue weighted by Crippen LogP contribution is -2.51. The Bertz CT molecular complexity index is 1370. The van der Waals surface area contributed by atoms with Gasteiger partial charge in [0, 0.05) is 22.6 Å². The van der Waals surface area contributed by atoms with Gasteiger partial charge in [-0.2, -0.15) is 0 Å². The predicted octanol–water partition coefficient (Wildman–Crippen LogP) is 5.94. The number of carbonyl (C=O) groups excluding carboxylic acids is 2. The van der Waals surface area contributed by atoms with Crippen molar-refractivity contribution in [1.29, 1.82) is 0 Å². The van der Waals surface area contributed by atoms with Crippen molar-refractivity contribution in [3.8, 4) is 0 Å². The van der Waals surface area contributed by atoms with Gasteiger partial charge in [-0.1, -0.05) is 70.7 Å². The first-order chi connectivity index (χ1) is 18.5. The molecule has 39 heavy (non-hydrogen) atoms. The number of amides is 2. The number of benzene rings is 3. The Morgan fingerprint density at radius 1 is 0.974 bits per heavy atom. The first kappa shape index (κ1) is 30.7. The van der Waals surface area contributed by atoms with E-state index in [0.717, 1.165) is 32.7 Å². The Hall–Kier alpha value is -2.88. The fraction of sp³-hybridized carbons (Fsp3) is 0.310. The molecule has 0 fully saturated rings. The van der Waals surface area contributed by atoms with E-state index in [4.69, 9.17) is 11.6 Å². The summed E-state index contributed by atoms with van der Waals surface area (Å²) in [6, 6.07) is 19.3. The third-order valence-corrected chi connectivity index (χ3v) is 8.83. The van der Waals surface area contributed by atoms with E-state index in [1.165, 1.54) is 17.0 Å². The summed E-state index contributed by atoms with van der Waals surface area (Å²) >= 11 is 9.47. The van der Waals surface area contributed by atoms with Gasteiger partial charge >= 0.3 is 0 Å². The molecule has 208 valence electrons. The molecule has 0 aliphatic heterocycles. The van der Waals surface area contributed by atoms with Crippen LogP contribution in [0.15, 0.2) is 82.2 Å². The van der Waals surface area contributed by atoms with Gasteiger partial charge in [0.15, 0.2) is 0 Å². The summed E-state index contributed by atoms with van der Waals surface area (Å²) in [5.74, 6) is -0.810. The fourth-order valence-electron chi connectivity index (χ4n) is 3.88. The molecule has 1 N–H and O–H groups in total. The van der Waals surface area contributed by atoms with E-state index < -0.39 is 28.5 Å². The van der Waals surface area contributed by atoms with E-state index in [0.29, 0.717) is 11.6 Å². The van der Waals surface area contributed by atoms with Crippen LogP contribution in [0.4, 0.5) is 5.69 Å². The van der Waals surface area contributed by atoms with E-state index >= 15 is 0 Å². The molecule has 0 bridgehead atoms. The zero-order valence-electron chi connectivity index (χ0n) is 22.2. The number of halogens is 2. The van der Waals surface area contributed by atoms with E-state index in [-0.39, 0.29) is 23.0 Å². The highest BCUT2D eigenvalue weighted by Gasteiger charge is 2.32. The second-order valence-electron chi connectivity index (χ2n) is 9.27. The first-order valence-electron chi connectivity index (χ1n) is 12.7. The van der Waals surface area contributed by atoms with Gasteiger partial charge in [-0.15, -0.1) is 0 Å². The number of hydrogen-bond acceptors (Lipinski definition) is 4. The molecule has 0 radical (unpaired) electrons. The van der Waals surface area contributed by atoms with Crippen molar-refractivity contribution < 1.29 is 18.0 Å². The lowest BCUT2D eigenvalue weighted by Gasteiger charge is -2.32. The van der Waals surface area contributed by atoms with Gasteiger partial charge in [0.05, 0.1) is 10.6 Å². The lowest BCUT2D eigenvalue weighted by atomic mass is 10.1. The summed E-state index contributed by atoms with van der Waals surface area (Å²) in [7, 11) is -4.12. The van der Waals surface area contributed by atoms with Gasteiger partial charge < -0.3 is 10.2 Å². The fourth-order valence-corrected chi connectivity index (χ4v) is 5.68. The lowest BCUT2D eigenvalue weighted by molar-refractivity contribution is -0.139. The first-order valence-corrected chi connectivity index (χ1v) is 15.3. The minimum atomic E-state index is -4.12. The summed E-state index contributed by atoms with van der Waals surface area (Å²) < 4.78 is 29.5. The maximum atomic E-state index is 13.9.